The third-order valence-electron chi connectivity index (χ3n) is 0. The summed E-state index contributed by atoms with van der Waals surface area (Å²) in [5, 5.41) is 50.0. The first-order valence-corrected chi connectivity index (χ1v) is 1.84. The number of hydrogen-bond acceptors (Lipinski definition) is 10. The van der Waals surface area contributed by atoms with Gasteiger partial charge in [-0.1, -0.05) is 0 Å². The quantitative estimate of drug-likeness (QED) is 0.378. The second kappa shape index (κ2) is 22.6. The van der Waals surface area contributed by atoms with Crippen LogP contribution < -0.4 is 36.8 Å². The zero-order chi connectivity index (χ0) is 10.7. The van der Waals surface area contributed by atoms with E-state index in [9.17, 15) is 0 Å². The van der Waals surface area contributed by atoms with Gasteiger partial charge in [0, 0.05) is 0 Å². The first-order chi connectivity index (χ1) is 5.20. The van der Waals surface area contributed by atoms with Gasteiger partial charge in [0.2, 0.25) is 0 Å². The Hall–Kier alpha value is -1.18. The van der Waals surface area contributed by atoms with E-state index in [4.69, 9.17) is 45.0 Å². The number of carbonyl (C=O) groups is 3. The van der Waals surface area contributed by atoms with Gasteiger partial charge >= 0.3 is 31.1 Å². The van der Waals surface area contributed by atoms with Crippen LogP contribution in [0.1, 0.15) is 0 Å². The topological polar surface area (TPSA) is 225 Å². The van der Waals surface area contributed by atoms with E-state index in [1.165, 1.54) is 0 Å². The predicted octanol–water partition coefficient (Wildman–Crippen LogP) is -7.18. The van der Waals surface area contributed by atoms with Gasteiger partial charge in [-0.15, -0.1) is 0 Å². The molecule has 0 fully saturated rings. The Morgan fingerprint density at radius 1 is 0.571 bits per heavy atom. The Bertz CT molecular complexity index is 118. The molecule has 0 rings (SSSR count). The maximum absolute atomic E-state index is 8.33. The van der Waals surface area contributed by atoms with E-state index < -0.39 is 18.5 Å². The summed E-state index contributed by atoms with van der Waals surface area (Å²) < 4.78 is 0. The first-order valence-electron chi connectivity index (χ1n) is 1.84. The van der Waals surface area contributed by atoms with Crippen molar-refractivity contribution in [3.63, 3.8) is 0 Å². The molecular formula is C3H3NO9U. The second-order valence-electron chi connectivity index (χ2n) is 0.750. The molecule has 0 saturated heterocycles. The van der Waals surface area contributed by atoms with Gasteiger partial charge < -0.3 is 51.2 Å². The normalized spacial score (nSPS) is 5.14. The van der Waals surface area contributed by atoms with Gasteiger partial charge in [-0.05, 0) is 18.5 Å². The van der Waals surface area contributed by atoms with Crippen molar-refractivity contribution in [2.45, 2.75) is 0 Å². The van der Waals surface area contributed by atoms with Crippen LogP contribution in [-0.4, -0.2) is 18.5 Å². The van der Waals surface area contributed by atoms with Crippen molar-refractivity contribution in [1.82, 2.24) is 6.15 Å². The molecule has 0 bridgehead atoms. The molecule has 3 N–H and O–H groups in total. The van der Waals surface area contributed by atoms with Crippen LogP contribution in [0.15, 0.2) is 0 Å². The summed E-state index contributed by atoms with van der Waals surface area (Å²) in [5.74, 6) is 0. The minimum atomic E-state index is -2.33. The first kappa shape index (κ1) is 29.3. The Balaban J connectivity index is -0.0000000270. The molecule has 0 aliphatic carbocycles. The number of carbonyl (C=O) groups excluding carboxylic acids is 3. The van der Waals surface area contributed by atoms with Gasteiger partial charge in [-0.3, -0.25) is 0 Å². The predicted molar refractivity (Wildman–Crippen MR) is 21.2 cm³/mol. The smallest absolute Gasteiger partial charge is 0.652 e. The Morgan fingerprint density at radius 3 is 0.571 bits per heavy atom. The summed E-state index contributed by atoms with van der Waals surface area (Å²) in [4.78, 5) is 25.0. The molecule has 0 radical (unpaired) electrons. The molecule has 0 aliphatic rings. The summed E-state index contributed by atoms with van der Waals surface area (Å²) in [6, 6.07) is 0. The molecule has 11 heteroatoms. The summed E-state index contributed by atoms with van der Waals surface area (Å²) in [6.45, 7) is 0. The van der Waals surface area contributed by atoms with Gasteiger partial charge in [-0.25, -0.2) is 0 Å². The average Bonchev–Trinajstić information content (AvgIpc) is 1.54. The zero-order valence-corrected chi connectivity index (χ0v) is 10.5. The van der Waals surface area contributed by atoms with Crippen LogP contribution >= 0.6 is 0 Å². The van der Waals surface area contributed by atoms with E-state index in [-0.39, 0.29) is 37.3 Å². The van der Waals surface area contributed by atoms with E-state index in [2.05, 4.69) is 0 Å². The molecule has 0 atom stereocenters. The fourth-order valence-electron chi connectivity index (χ4n) is 0. The van der Waals surface area contributed by atoms with E-state index in [0.717, 1.165) is 0 Å². The van der Waals surface area contributed by atoms with E-state index in [1.807, 2.05) is 0 Å². The maximum Gasteiger partial charge on any atom is 6.00 e. The third-order valence-corrected chi connectivity index (χ3v) is 0. The van der Waals surface area contributed by atoms with Crippen LogP contribution in [0.4, 0.5) is 14.4 Å². The Morgan fingerprint density at radius 2 is 0.571 bits per heavy atom. The van der Waals surface area contributed by atoms with Crippen LogP contribution in [-0.2, 0) is 0 Å². The van der Waals surface area contributed by atoms with Gasteiger partial charge in [0.05, 0.1) is 0 Å². The SMILES string of the molecule is N.O=C([O-])[O-].O=C([O-])[O-].O=C([O-])[O-].[U+6]. The molecule has 0 heterocycles. The molecule has 0 aromatic carbocycles. The number of rotatable bonds is 0. The van der Waals surface area contributed by atoms with Crippen LogP contribution in [0.25, 0.3) is 0 Å². The summed E-state index contributed by atoms with van der Waals surface area (Å²) in [7, 11) is 0. The fourth-order valence-corrected chi connectivity index (χ4v) is 0. The van der Waals surface area contributed by atoms with Crippen LogP contribution in [0.2, 0.25) is 0 Å². The molecule has 0 saturated carbocycles. The Kier molecular flexibility index (Phi) is 47.3. The molecule has 14 heavy (non-hydrogen) atoms. The molecule has 0 unspecified atom stereocenters. The summed E-state index contributed by atoms with van der Waals surface area (Å²) >= 11 is 0. The van der Waals surface area contributed by atoms with Crippen molar-refractivity contribution in [3.8, 4) is 0 Å². The summed E-state index contributed by atoms with van der Waals surface area (Å²) in [6.07, 6.45) is -7.00. The van der Waals surface area contributed by atoms with Crippen LogP contribution in [0.5, 0.6) is 0 Å². The van der Waals surface area contributed by atoms with E-state index in [0.29, 0.717) is 0 Å². The molecule has 0 aromatic heterocycles. The second-order valence-corrected chi connectivity index (χ2v) is 0.750. The molecule has 10 nitrogen and oxygen atoms in total. The van der Waals surface area contributed by atoms with Crippen molar-refractivity contribution in [2.24, 2.45) is 0 Å². The standard InChI is InChI=1S/3CH2O3.H3N.U/c3*2-1(3)4;;/h3*(H2,2,3,4);1H3;/q;;;;+6/p-6. The van der Waals surface area contributed by atoms with Crippen LogP contribution in [0.3, 0.4) is 0 Å². The number of carboxylic acid groups (broad SMARTS) is 6. The minimum Gasteiger partial charge on any atom is -0.652 e. The van der Waals surface area contributed by atoms with Crippen molar-refractivity contribution in [1.29, 1.82) is 0 Å². The third kappa shape index (κ3) is 752. The van der Waals surface area contributed by atoms with Gasteiger partial charge in [-0.2, -0.15) is 0 Å². The molecule has 0 aromatic rings. The van der Waals surface area contributed by atoms with Crippen molar-refractivity contribution >= 4 is 18.5 Å². The molecule has 0 spiro atoms. The minimum absolute atomic E-state index is 0. The molecular weight excluding hydrogens is 432 g/mol. The van der Waals surface area contributed by atoms with Gasteiger partial charge in [0.25, 0.3) is 0 Å². The Labute approximate surface area is 101 Å². The molecule has 0 aliphatic heterocycles. The van der Waals surface area contributed by atoms with Gasteiger partial charge in [0.15, 0.2) is 0 Å². The van der Waals surface area contributed by atoms with Crippen molar-refractivity contribution < 1.29 is 76.1 Å². The van der Waals surface area contributed by atoms with Gasteiger partial charge in [0.1, 0.15) is 0 Å². The largest absolute Gasteiger partial charge is 6.00 e. The maximum atomic E-state index is 8.33. The average molecular weight is 435 g/mol. The summed E-state index contributed by atoms with van der Waals surface area (Å²) in [5.41, 5.74) is 0. The number of hydrogen-bond donors (Lipinski definition) is 1. The van der Waals surface area contributed by atoms with E-state index in [1.54, 1.807) is 0 Å². The van der Waals surface area contributed by atoms with E-state index >= 15 is 0 Å². The van der Waals surface area contributed by atoms with Crippen LogP contribution in [0, 0.1) is 31.1 Å². The monoisotopic (exact) mass is 435 g/mol. The molecule has 0 amide bonds. The van der Waals surface area contributed by atoms with Crippen molar-refractivity contribution in [3.05, 3.63) is 0 Å². The van der Waals surface area contributed by atoms with Crippen molar-refractivity contribution in [2.75, 3.05) is 0 Å². The fraction of sp³-hybridized carbons (Fsp3) is 0. The molecule has 78 valence electrons. The zero-order valence-electron chi connectivity index (χ0n) is 6.38.